The molecule has 0 spiro atoms. The summed E-state index contributed by atoms with van der Waals surface area (Å²) in [5.41, 5.74) is 1.41. The van der Waals surface area contributed by atoms with Crippen molar-refractivity contribution in [2.24, 2.45) is 0 Å². The molecule has 8 nitrogen and oxygen atoms in total. The summed E-state index contributed by atoms with van der Waals surface area (Å²) in [6, 6.07) is 14.5. The van der Waals surface area contributed by atoms with Gasteiger partial charge in [-0.25, -0.2) is 4.79 Å². The Morgan fingerprint density at radius 3 is 2.50 bits per heavy atom. The number of fused-ring (bicyclic) bond motifs is 1. The fraction of sp³-hybridized carbons (Fsp3) is 0.231. The lowest BCUT2D eigenvalue weighted by molar-refractivity contribution is 0.0526. The highest BCUT2D eigenvalue weighted by Crippen LogP contribution is 2.25. The fourth-order valence-corrected chi connectivity index (χ4v) is 4.00. The van der Waals surface area contributed by atoms with Gasteiger partial charge in [0.25, 0.3) is 11.5 Å². The number of benzene rings is 2. The van der Waals surface area contributed by atoms with Gasteiger partial charge in [-0.15, -0.1) is 0 Å². The summed E-state index contributed by atoms with van der Waals surface area (Å²) < 4.78 is 11.6. The molecule has 174 valence electrons. The largest absolute Gasteiger partial charge is 0.497 e. The molecule has 0 saturated heterocycles. The number of hydrogen-bond donors (Lipinski definition) is 1. The number of ketones is 1. The van der Waals surface area contributed by atoms with E-state index in [1.165, 1.54) is 16.7 Å². The maximum Gasteiger partial charge on any atom is 0.338 e. The Kier molecular flexibility index (Phi) is 6.58. The van der Waals surface area contributed by atoms with E-state index in [0.29, 0.717) is 47.6 Å². The molecule has 1 aliphatic rings. The zero-order chi connectivity index (χ0) is 24.2. The predicted molar refractivity (Wildman–Crippen MR) is 126 cm³/mol. The minimum absolute atomic E-state index is 0.109. The van der Waals surface area contributed by atoms with Crippen molar-refractivity contribution in [1.29, 1.82) is 0 Å². The summed E-state index contributed by atoms with van der Waals surface area (Å²) in [5, 5.41) is 2.66. The molecule has 3 aromatic rings. The molecule has 1 heterocycles. The summed E-state index contributed by atoms with van der Waals surface area (Å²) in [4.78, 5) is 51.3. The Hall–Kier alpha value is -4.20. The number of aromatic nitrogens is 1. The quantitative estimate of drug-likeness (QED) is 0.562. The van der Waals surface area contributed by atoms with Crippen LogP contribution in [0, 0.1) is 0 Å². The van der Waals surface area contributed by atoms with E-state index in [0.717, 1.165) is 0 Å². The van der Waals surface area contributed by atoms with Crippen LogP contribution in [-0.4, -0.2) is 35.9 Å². The van der Waals surface area contributed by atoms with Gasteiger partial charge < -0.3 is 14.8 Å². The van der Waals surface area contributed by atoms with Gasteiger partial charge in [-0.05, 0) is 68.3 Å². The monoisotopic (exact) mass is 460 g/mol. The first-order valence-electron chi connectivity index (χ1n) is 11.0. The highest BCUT2D eigenvalue weighted by molar-refractivity contribution is 6.07. The van der Waals surface area contributed by atoms with Gasteiger partial charge in [0.1, 0.15) is 11.3 Å². The van der Waals surface area contributed by atoms with Gasteiger partial charge in [0.15, 0.2) is 5.78 Å². The first-order valence-corrected chi connectivity index (χ1v) is 11.0. The molecule has 0 atom stereocenters. The van der Waals surface area contributed by atoms with E-state index in [1.54, 1.807) is 56.5 Å². The van der Waals surface area contributed by atoms with E-state index in [1.807, 2.05) is 0 Å². The zero-order valence-electron chi connectivity index (χ0n) is 18.9. The highest BCUT2D eigenvalue weighted by atomic mass is 16.5. The number of Topliss-reactive ketones (excluding diaryl/α,β-unsaturated/α-hetero) is 1. The molecule has 1 N–H and O–H groups in total. The van der Waals surface area contributed by atoms with Crippen LogP contribution in [0.25, 0.3) is 5.69 Å². The number of rotatable bonds is 6. The van der Waals surface area contributed by atoms with Crippen LogP contribution in [0.5, 0.6) is 5.75 Å². The predicted octanol–water partition coefficient (Wildman–Crippen LogP) is 3.79. The molecule has 0 unspecified atom stereocenters. The molecule has 1 aliphatic carbocycles. The normalized spacial score (nSPS) is 12.6. The summed E-state index contributed by atoms with van der Waals surface area (Å²) in [7, 11) is 1.55. The molecule has 0 aliphatic heterocycles. The number of amides is 1. The minimum atomic E-state index is -0.672. The summed E-state index contributed by atoms with van der Waals surface area (Å²) in [6.45, 7) is 1.93. The summed E-state index contributed by atoms with van der Waals surface area (Å²) in [5.74, 6) is -0.673. The third-order valence-corrected chi connectivity index (χ3v) is 5.63. The lowest BCUT2D eigenvalue weighted by Crippen LogP contribution is -2.33. The standard InChI is InChI=1S/C26H24N2O6/c1-3-34-26(32)16-6-4-7-17(14-16)27-24(30)21-15-20-22(8-5-9-23(20)29)28(25(21)31)18-10-12-19(33-2)13-11-18/h4,6-7,10-15H,3,5,8-9H2,1-2H3,(H,27,30). The second kappa shape index (κ2) is 9.74. The molecule has 0 radical (unpaired) electrons. The van der Waals surface area contributed by atoms with Crippen molar-refractivity contribution in [3.63, 3.8) is 0 Å². The Bertz CT molecular complexity index is 1320. The first-order chi connectivity index (χ1) is 16.4. The van der Waals surface area contributed by atoms with Gasteiger partial charge in [-0.1, -0.05) is 6.07 Å². The van der Waals surface area contributed by atoms with Crippen molar-refractivity contribution in [2.75, 3.05) is 19.0 Å². The fourth-order valence-electron chi connectivity index (χ4n) is 4.00. The smallest absolute Gasteiger partial charge is 0.338 e. The average molecular weight is 460 g/mol. The summed E-state index contributed by atoms with van der Waals surface area (Å²) in [6.07, 6.45) is 1.54. The van der Waals surface area contributed by atoms with Crippen LogP contribution in [0.15, 0.2) is 59.4 Å². The number of hydrogen-bond acceptors (Lipinski definition) is 6. The molecule has 2 aromatic carbocycles. The molecule has 0 fully saturated rings. The summed E-state index contributed by atoms with van der Waals surface area (Å²) >= 11 is 0. The molecule has 1 aromatic heterocycles. The number of esters is 1. The molecule has 4 rings (SSSR count). The van der Waals surface area contributed by atoms with Crippen molar-refractivity contribution >= 4 is 23.3 Å². The molecule has 8 heteroatoms. The van der Waals surface area contributed by atoms with Crippen LogP contribution in [0.4, 0.5) is 5.69 Å². The topological polar surface area (TPSA) is 104 Å². The van der Waals surface area contributed by atoms with Crippen molar-refractivity contribution in [3.05, 3.63) is 87.3 Å². The number of anilines is 1. The number of pyridine rings is 1. The van der Waals surface area contributed by atoms with E-state index >= 15 is 0 Å². The van der Waals surface area contributed by atoms with E-state index in [-0.39, 0.29) is 23.5 Å². The molecular weight excluding hydrogens is 436 g/mol. The van der Waals surface area contributed by atoms with Crippen LogP contribution >= 0.6 is 0 Å². The third-order valence-electron chi connectivity index (χ3n) is 5.63. The molecule has 1 amide bonds. The van der Waals surface area contributed by atoms with Crippen LogP contribution in [-0.2, 0) is 11.2 Å². The third kappa shape index (κ3) is 4.47. The SMILES string of the molecule is CCOC(=O)c1cccc(NC(=O)c2cc3c(n(-c4ccc(OC)cc4)c2=O)CCCC3=O)c1. The number of carbonyl (C=O) groups excluding carboxylic acids is 3. The Balaban J connectivity index is 1.76. The zero-order valence-corrected chi connectivity index (χ0v) is 18.9. The number of nitrogens with one attached hydrogen (secondary N) is 1. The second-order valence-electron chi connectivity index (χ2n) is 7.79. The lowest BCUT2D eigenvalue weighted by atomic mass is 9.92. The number of carbonyl (C=O) groups is 3. The number of nitrogens with zero attached hydrogens (tertiary/aromatic N) is 1. The Labute approximate surface area is 196 Å². The van der Waals surface area contributed by atoms with Crippen LogP contribution in [0.3, 0.4) is 0 Å². The molecule has 0 saturated carbocycles. The van der Waals surface area contributed by atoms with Crippen LogP contribution < -0.4 is 15.6 Å². The van der Waals surface area contributed by atoms with Crippen molar-refractivity contribution in [3.8, 4) is 11.4 Å². The van der Waals surface area contributed by atoms with E-state index < -0.39 is 17.4 Å². The Morgan fingerprint density at radius 2 is 1.79 bits per heavy atom. The van der Waals surface area contributed by atoms with Gasteiger partial charge >= 0.3 is 5.97 Å². The maximum absolute atomic E-state index is 13.5. The van der Waals surface area contributed by atoms with Gasteiger partial charge in [0, 0.05) is 29.1 Å². The van der Waals surface area contributed by atoms with Crippen molar-refractivity contribution in [1.82, 2.24) is 4.57 Å². The Morgan fingerprint density at radius 1 is 1.03 bits per heavy atom. The minimum Gasteiger partial charge on any atom is -0.497 e. The van der Waals surface area contributed by atoms with Crippen molar-refractivity contribution < 1.29 is 23.9 Å². The molecule has 34 heavy (non-hydrogen) atoms. The van der Waals surface area contributed by atoms with Gasteiger partial charge in [0.05, 0.1) is 19.3 Å². The van der Waals surface area contributed by atoms with Gasteiger partial charge in [-0.2, -0.15) is 0 Å². The van der Waals surface area contributed by atoms with Gasteiger partial charge in [-0.3, -0.25) is 19.0 Å². The van der Waals surface area contributed by atoms with E-state index in [4.69, 9.17) is 9.47 Å². The second-order valence-corrected chi connectivity index (χ2v) is 7.79. The average Bonchev–Trinajstić information content (AvgIpc) is 2.84. The highest BCUT2D eigenvalue weighted by Gasteiger charge is 2.26. The lowest BCUT2D eigenvalue weighted by Gasteiger charge is -2.22. The van der Waals surface area contributed by atoms with Crippen molar-refractivity contribution in [2.45, 2.75) is 26.2 Å². The molecule has 0 bridgehead atoms. The van der Waals surface area contributed by atoms with Gasteiger partial charge in [0.2, 0.25) is 0 Å². The van der Waals surface area contributed by atoms with E-state index in [9.17, 15) is 19.2 Å². The maximum atomic E-state index is 13.5. The molecular formula is C26H24N2O6. The number of methoxy groups -OCH3 is 1. The van der Waals surface area contributed by atoms with E-state index in [2.05, 4.69) is 5.32 Å². The first kappa shape index (κ1) is 23.0. The van der Waals surface area contributed by atoms with Crippen LogP contribution in [0.2, 0.25) is 0 Å². The van der Waals surface area contributed by atoms with Crippen LogP contribution in [0.1, 0.15) is 56.5 Å². The number of ether oxygens (including phenoxy) is 2.